The minimum Gasteiger partial charge on any atom is -0.455 e. The van der Waals surface area contributed by atoms with Crippen molar-refractivity contribution >= 4 is 140 Å². The van der Waals surface area contributed by atoms with Crippen molar-refractivity contribution in [2.24, 2.45) is 0 Å². The van der Waals surface area contributed by atoms with E-state index in [1.807, 2.05) is 23.5 Å². The minimum atomic E-state index is -0.190. The maximum Gasteiger partial charge on any atom is 0.143 e. The van der Waals surface area contributed by atoms with Crippen molar-refractivity contribution in [3.8, 4) is 100 Å². The fourth-order valence-electron chi connectivity index (χ4n) is 21.6. The van der Waals surface area contributed by atoms with E-state index >= 15 is 0 Å². The van der Waals surface area contributed by atoms with Gasteiger partial charge in [-0.1, -0.05) is 404 Å². The largest absolute Gasteiger partial charge is 0.455 e. The van der Waals surface area contributed by atoms with E-state index in [1.54, 1.807) is 0 Å². The zero-order chi connectivity index (χ0) is 78.2. The summed E-state index contributed by atoms with van der Waals surface area (Å²) in [5.41, 5.74) is 30.1. The van der Waals surface area contributed by atoms with Crippen molar-refractivity contribution in [3.63, 3.8) is 0 Å². The zero-order valence-electron chi connectivity index (χ0n) is 65.8. The van der Waals surface area contributed by atoms with Crippen LogP contribution in [0.1, 0.15) is 49.9 Å². The first-order valence-corrected chi connectivity index (χ1v) is 42.1. The van der Waals surface area contributed by atoms with Crippen LogP contribution in [0.4, 0.5) is 0 Å². The van der Waals surface area contributed by atoms with Crippen molar-refractivity contribution in [2.75, 3.05) is 0 Å². The normalized spacial score (nSPS) is 13.2. The Morgan fingerprint density at radius 2 is 0.449 bits per heavy atom. The first-order valence-electron chi connectivity index (χ1n) is 41.3. The van der Waals surface area contributed by atoms with Gasteiger partial charge in [0.1, 0.15) is 11.2 Å². The van der Waals surface area contributed by atoms with Gasteiger partial charge < -0.3 is 4.42 Å². The number of hydrogen-bond donors (Lipinski definition) is 0. The predicted molar refractivity (Wildman–Crippen MR) is 506 cm³/mol. The highest BCUT2D eigenvalue weighted by Gasteiger charge is 2.42. The number of thiophene rings is 1. The van der Waals surface area contributed by atoms with Gasteiger partial charge in [-0.15, -0.1) is 11.3 Å². The highest BCUT2D eigenvalue weighted by molar-refractivity contribution is 7.26. The van der Waals surface area contributed by atoms with Gasteiger partial charge in [-0.2, -0.15) is 0 Å². The Hall–Kier alpha value is -14.3. The minimum absolute atomic E-state index is 0.178. The van der Waals surface area contributed by atoms with Crippen LogP contribution in [-0.4, -0.2) is 0 Å². The number of benzene rings is 21. The van der Waals surface area contributed by atoms with Gasteiger partial charge in [0, 0.05) is 52.9 Å². The van der Waals surface area contributed by atoms with Crippen LogP contribution in [0.25, 0.3) is 228 Å². The van der Waals surface area contributed by atoms with Crippen molar-refractivity contribution in [1.82, 2.24) is 0 Å². The summed E-state index contributed by atoms with van der Waals surface area (Å²) in [6, 6.07) is 144. The molecular formula is C116H76OS. The van der Waals surface area contributed by atoms with E-state index < -0.39 is 0 Å². The number of fused-ring (bicyclic) bond motifs is 26. The summed E-state index contributed by atoms with van der Waals surface area (Å²) in [5.74, 6) is 0. The van der Waals surface area contributed by atoms with Crippen LogP contribution in [0.2, 0.25) is 0 Å². The predicted octanol–water partition coefficient (Wildman–Crippen LogP) is 33.1. The van der Waals surface area contributed by atoms with Crippen LogP contribution < -0.4 is 0 Å². The topological polar surface area (TPSA) is 13.1 Å². The van der Waals surface area contributed by atoms with Crippen LogP contribution >= 0.6 is 11.3 Å². The van der Waals surface area contributed by atoms with Crippen molar-refractivity contribution in [3.05, 3.63) is 411 Å². The molecule has 0 amide bonds. The van der Waals surface area contributed by atoms with Gasteiger partial charge in [0.15, 0.2) is 0 Å². The Balaban J connectivity index is 0.000000135. The van der Waals surface area contributed by atoms with Gasteiger partial charge in [-0.25, -0.2) is 0 Å². The van der Waals surface area contributed by atoms with E-state index in [4.69, 9.17) is 4.42 Å². The molecule has 0 saturated heterocycles. The van der Waals surface area contributed by atoms with E-state index in [0.29, 0.717) is 0 Å². The molecule has 2 aliphatic rings. The fourth-order valence-corrected chi connectivity index (χ4v) is 22.8. The lowest BCUT2D eigenvalue weighted by atomic mass is 9.76. The van der Waals surface area contributed by atoms with Gasteiger partial charge in [0.2, 0.25) is 0 Å². The first kappa shape index (κ1) is 68.2. The highest BCUT2D eigenvalue weighted by atomic mass is 32.1. The SMILES string of the molecule is CC1(C)c2c(-c3ccc(-c4c5ccccc5c(-c5ccc(-c6cccc7c6oc6ccccc67)cc5)c5ccccc45)cc3)cccc2-c2c1c1ccccc1c1ccccc21.CC1(C)c2c(-c3ccc(-c4c5ccccc5c(-c5cccc6c5sc5ccccc56)c5ccccc45)cc3)cccc2-c2c1c1ccccc1c1ccccc21. The molecule has 0 N–H and O–H groups in total. The standard InChI is InChI=1S/C61H40O.C55H36S/c1-61(2)58-41(24-13-27-53(58)57-46-18-5-3-15-43(46)44-16-4-10-23-51(44)59(57)61)37-29-33-39(34-30-37)55-47-19-6-8-21-49(47)56(50-22-9-7-20-48(50)55)40-35-31-38(32-36-40)42-25-14-26-52-45-17-11-12-28-54(45)62-60(42)52;1-55(2)52-35(24-13-26-46(52)51-39-18-5-3-15-36(39)37-16-4-10-23-44(37)53(51)55)33-29-31-34(32-30-33)49-40-19-6-8-21-42(40)50(43-22-9-7-20-41(43)49)47-27-14-25-45-38-17-11-12-28-48(38)56-54(45)47/h3-36H,1-2H3;3-32H,1-2H3. The fraction of sp³-hybridized carbons (Fsp3) is 0.0517. The molecule has 0 atom stereocenters. The summed E-state index contributed by atoms with van der Waals surface area (Å²) < 4.78 is 9.11. The Morgan fingerprint density at radius 1 is 0.178 bits per heavy atom. The van der Waals surface area contributed by atoms with Gasteiger partial charge in [0.05, 0.1) is 0 Å². The van der Waals surface area contributed by atoms with Crippen LogP contribution in [0.15, 0.2) is 393 Å². The Kier molecular flexibility index (Phi) is 15.1. The number of rotatable bonds is 7. The molecule has 2 aromatic heterocycles. The van der Waals surface area contributed by atoms with E-state index in [2.05, 4.69) is 404 Å². The monoisotopic (exact) mass is 1520 g/mol. The summed E-state index contributed by atoms with van der Waals surface area (Å²) in [6.07, 6.45) is 0. The summed E-state index contributed by atoms with van der Waals surface area (Å²) in [5, 5.41) is 25.8. The molecule has 0 bridgehead atoms. The third-order valence-corrected chi connectivity index (χ3v) is 27.6. The number of para-hydroxylation sites is 2. The maximum absolute atomic E-state index is 6.43. The van der Waals surface area contributed by atoms with Crippen LogP contribution in [0, 0.1) is 0 Å². The van der Waals surface area contributed by atoms with Crippen molar-refractivity contribution in [1.29, 1.82) is 0 Å². The van der Waals surface area contributed by atoms with Gasteiger partial charge in [-0.05, 0) is 210 Å². The molecule has 0 spiro atoms. The van der Waals surface area contributed by atoms with E-state index in [9.17, 15) is 0 Å². The smallest absolute Gasteiger partial charge is 0.143 e. The molecule has 552 valence electrons. The summed E-state index contributed by atoms with van der Waals surface area (Å²) in [7, 11) is 0. The molecule has 0 fully saturated rings. The average molecular weight is 1520 g/mol. The molecule has 25 rings (SSSR count). The Bertz CT molecular complexity index is 8090. The molecule has 118 heavy (non-hydrogen) atoms. The van der Waals surface area contributed by atoms with Gasteiger partial charge in [0.25, 0.3) is 0 Å². The third kappa shape index (κ3) is 9.97. The second-order valence-electron chi connectivity index (χ2n) is 33.4. The van der Waals surface area contributed by atoms with Gasteiger partial charge >= 0.3 is 0 Å². The van der Waals surface area contributed by atoms with E-state index in [1.165, 1.54) is 218 Å². The molecule has 0 unspecified atom stereocenters. The molecule has 0 saturated carbocycles. The molecule has 2 heterocycles. The molecule has 1 nitrogen and oxygen atoms in total. The maximum atomic E-state index is 6.43. The van der Waals surface area contributed by atoms with Crippen molar-refractivity contribution < 1.29 is 4.42 Å². The summed E-state index contributed by atoms with van der Waals surface area (Å²) in [4.78, 5) is 0. The lowest BCUT2D eigenvalue weighted by molar-refractivity contribution is 0.668. The van der Waals surface area contributed by atoms with Crippen LogP contribution in [0.3, 0.4) is 0 Å². The second kappa shape index (κ2) is 26.1. The first-order chi connectivity index (χ1) is 58.1. The highest BCUT2D eigenvalue weighted by Crippen LogP contribution is 2.60. The lowest BCUT2D eigenvalue weighted by Gasteiger charge is -2.26. The molecule has 2 aliphatic carbocycles. The summed E-state index contributed by atoms with van der Waals surface area (Å²) >= 11 is 1.91. The van der Waals surface area contributed by atoms with Crippen LogP contribution in [0.5, 0.6) is 0 Å². The number of hydrogen-bond acceptors (Lipinski definition) is 2. The number of furan rings is 1. The Morgan fingerprint density at radius 3 is 0.864 bits per heavy atom. The summed E-state index contributed by atoms with van der Waals surface area (Å²) in [6.45, 7) is 9.70. The van der Waals surface area contributed by atoms with E-state index in [-0.39, 0.29) is 10.8 Å². The molecule has 23 aromatic rings. The lowest BCUT2D eigenvalue weighted by Crippen LogP contribution is -2.17. The zero-order valence-corrected chi connectivity index (χ0v) is 66.6. The second-order valence-corrected chi connectivity index (χ2v) is 34.4. The van der Waals surface area contributed by atoms with Gasteiger partial charge in [-0.3, -0.25) is 0 Å². The van der Waals surface area contributed by atoms with Crippen molar-refractivity contribution in [2.45, 2.75) is 38.5 Å². The van der Waals surface area contributed by atoms with E-state index in [0.717, 1.165) is 33.1 Å². The third-order valence-electron chi connectivity index (χ3n) is 26.4. The van der Waals surface area contributed by atoms with Crippen LogP contribution in [-0.2, 0) is 10.8 Å². The molecule has 2 heteroatoms. The quantitative estimate of drug-likeness (QED) is 0.114. The molecule has 21 aromatic carbocycles. The molecular weight excluding hydrogens is 1440 g/mol. The molecule has 0 aliphatic heterocycles. The molecule has 0 radical (unpaired) electrons. The average Bonchev–Trinajstić information content (AvgIpc) is 1.53. The Labute approximate surface area is 688 Å².